The minimum Gasteiger partial charge on any atom is -0.321 e. The third kappa shape index (κ3) is 4.11. The molecule has 0 saturated heterocycles. The number of carbonyl (C=O) groups excluding carboxylic acids is 1. The fourth-order valence-corrected chi connectivity index (χ4v) is 4.88. The summed E-state index contributed by atoms with van der Waals surface area (Å²) in [4.78, 5) is 36.7. The van der Waals surface area contributed by atoms with E-state index in [0.29, 0.717) is 28.5 Å². The number of H-pyrrole nitrogens is 1. The summed E-state index contributed by atoms with van der Waals surface area (Å²) >= 11 is 6.42. The molecule has 9 heteroatoms. The van der Waals surface area contributed by atoms with Gasteiger partial charge in [0, 0.05) is 38.2 Å². The molecule has 0 spiro atoms. The Morgan fingerprint density at radius 1 is 1.14 bits per heavy atom. The highest BCUT2D eigenvalue weighted by Gasteiger charge is 2.14. The third-order valence-corrected chi connectivity index (χ3v) is 6.48. The highest BCUT2D eigenvalue weighted by Crippen LogP contribution is 2.32. The highest BCUT2D eigenvalue weighted by molar-refractivity contribution is 9.10. The quantitative estimate of drug-likeness (QED) is 0.439. The maximum atomic E-state index is 12.6. The Kier molecular flexibility index (Phi) is 5.21. The molecule has 2 N–H and O–H groups in total. The summed E-state index contributed by atoms with van der Waals surface area (Å²) in [6.07, 6.45) is 0. The van der Waals surface area contributed by atoms with Gasteiger partial charge in [0.1, 0.15) is 16.5 Å². The molecule has 0 bridgehead atoms. The van der Waals surface area contributed by atoms with Crippen molar-refractivity contribution < 1.29 is 4.79 Å². The lowest BCUT2D eigenvalue weighted by molar-refractivity contribution is 0.102. The van der Waals surface area contributed by atoms with Gasteiger partial charge in [-0.3, -0.25) is 9.59 Å². The third-order valence-electron chi connectivity index (χ3n) is 3.78. The van der Waals surface area contributed by atoms with Crippen LogP contribution in [0, 0.1) is 6.92 Å². The predicted molar refractivity (Wildman–Crippen MR) is 116 cm³/mol. The van der Waals surface area contributed by atoms with E-state index in [1.807, 2.05) is 17.5 Å². The van der Waals surface area contributed by atoms with E-state index >= 15 is 0 Å². The molecule has 0 unspecified atom stereocenters. The van der Waals surface area contributed by atoms with Gasteiger partial charge in [0.05, 0.1) is 4.88 Å². The lowest BCUT2D eigenvalue weighted by Gasteiger charge is -2.06. The van der Waals surface area contributed by atoms with Gasteiger partial charge in [-0.1, -0.05) is 12.1 Å². The highest BCUT2D eigenvalue weighted by atomic mass is 79.9. The van der Waals surface area contributed by atoms with Crippen molar-refractivity contribution in [3.8, 4) is 21.3 Å². The molecule has 0 aliphatic carbocycles. The SMILES string of the molecule is Cc1cc(=O)[nH]c(-c2cccc(NC(=O)c3csc(-c4cc(Br)cs4)n3)c2)n1. The van der Waals surface area contributed by atoms with Crippen molar-refractivity contribution in [3.05, 3.63) is 73.4 Å². The molecule has 0 fully saturated rings. The van der Waals surface area contributed by atoms with E-state index in [0.717, 1.165) is 14.4 Å². The Hall–Kier alpha value is -2.62. The van der Waals surface area contributed by atoms with Gasteiger partial charge in [-0.15, -0.1) is 22.7 Å². The number of aromatic amines is 1. The predicted octanol–water partition coefficient (Wildman–Crippen LogP) is 4.95. The van der Waals surface area contributed by atoms with Crippen LogP contribution in [-0.4, -0.2) is 20.9 Å². The number of carbonyl (C=O) groups is 1. The maximum absolute atomic E-state index is 12.6. The van der Waals surface area contributed by atoms with Gasteiger partial charge >= 0.3 is 0 Å². The largest absolute Gasteiger partial charge is 0.321 e. The topological polar surface area (TPSA) is 87.7 Å². The van der Waals surface area contributed by atoms with E-state index in [1.54, 1.807) is 41.8 Å². The molecule has 1 amide bonds. The van der Waals surface area contributed by atoms with Crippen LogP contribution in [0.25, 0.3) is 21.3 Å². The molecule has 140 valence electrons. The number of rotatable bonds is 4. The number of nitrogens with zero attached hydrogens (tertiary/aromatic N) is 2. The van der Waals surface area contributed by atoms with Crippen molar-refractivity contribution in [2.24, 2.45) is 0 Å². The summed E-state index contributed by atoms with van der Waals surface area (Å²) in [6.45, 7) is 1.76. The Morgan fingerprint density at radius 3 is 2.75 bits per heavy atom. The summed E-state index contributed by atoms with van der Waals surface area (Å²) in [5.74, 6) is 0.168. The minimum absolute atomic E-state index is 0.216. The summed E-state index contributed by atoms with van der Waals surface area (Å²) in [5, 5.41) is 7.36. The Bertz CT molecular complexity index is 1230. The molecule has 3 aromatic heterocycles. The van der Waals surface area contributed by atoms with Crippen molar-refractivity contribution >= 4 is 50.2 Å². The molecule has 0 aliphatic rings. The summed E-state index contributed by atoms with van der Waals surface area (Å²) in [5.41, 5.74) is 2.08. The normalized spacial score (nSPS) is 10.8. The number of hydrogen-bond donors (Lipinski definition) is 2. The smallest absolute Gasteiger partial charge is 0.275 e. The summed E-state index contributed by atoms with van der Waals surface area (Å²) in [6, 6.07) is 10.6. The first kappa shape index (κ1) is 18.7. The van der Waals surface area contributed by atoms with Crippen LogP contribution in [0.2, 0.25) is 0 Å². The number of nitrogens with one attached hydrogen (secondary N) is 2. The second-order valence-electron chi connectivity index (χ2n) is 5.94. The second-order valence-corrected chi connectivity index (χ2v) is 8.62. The van der Waals surface area contributed by atoms with Crippen molar-refractivity contribution in [1.82, 2.24) is 15.0 Å². The standard InChI is InChI=1S/C19H13BrN4O2S2/c1-10-5-16(25)24-17(21-10)11-3-2-4-13(6-11)22-18(26)14-9-28-19(23-14)15-7-12(20)8-27-15/h2-9H,1H3,(H,22,26)(H,21,24,25). The van der Waals surface area contributed by atoms with Crippen LogP contribution in [0.4, 0.5) is 5.69 Å². The summed E-state index contributed by atoms with van der Waals surface area (Å²) in [7, 11) is 0. The van der Waals surface area contributed by atoms with E-state index in [9.17, 15) is 9.59 Å². The molecular formula is C19H13BrN4O2S2. The molecule has 4 rings (SSSR count). The van der Waals surface area contributed by atoms with Gasteiger partial charge in [-0.25, -0.2) is 9.97 Å². The number of aromatic nitrogens is 3. The van der Waals surface area contributed by atoms with Crippen LogP contribution in [0.5, 0.6) is 0 Å². The van der Waals surface area contributed by atoms with E-state index in [2.05, 4.69) is 36.2 Å². The number of thiophene rings is 1. The number of aryl methyl sites for hydroxylation is 1. The van der Waals surface area contributed by atoms with Crippen LogP contribution >= 0.6 is 38.6 Å². The van der Waals surface area contributed by atoms with Crippen LogP contribution in [0.3, 0.4) is 0 Å². The number of benzene rings is 1. The molecule has 3 heterocycles. The molecule has 28 heavy (non-hydrogen) atoms. The molecule has 6 nitrogen and oxygen atoms in total. The Labute approximate surface area is 176 Å². The fourth-order valence-electron chi connectivity index (χ4n) is 2.57. The molecule has 1 aromatic carbocycles. The average molecular weight is 473 g/mol. The van der Waals surface area contributed by atoms with Crippen molar-refractivity contribution in [1.29, 1.82) is 0 Å². The van der Waals surface area contributed by atoms with Crippen molar-refractivity contribution in [3.63, 3.8) is 0 Å². The molecule has 0 atom stereocenters. The number of anilines is 1. The van der Waals surface area contributed by atoms with Gasteiger partial charge in [0.15, 0.2) is 0 Å². The van der Waals surface area contributed by atoms with Gasteiger partial charge in [-0.05, 0) is 41.1 Å². The van der Waals surface area contributed by atoms with Crippen LogP contribution < -0.4 is 10.9 Å². The zero-order valence-electron chi connectivity index (χ0n) is 14.5. The monoisotopic (exact) mass is 472 g/mol. The van der Waals surface area contributed by atoms with Crippen LogP contribution in [-0.2, 0) is 0 Å². The number of thiazole rings is 1. The zero-order valence-corrected chi connectivity index (χ0v) is 17.7. The van der Waals surface area contributed by atoms with Gasteiger partial charge in [0.2, 0.25) is 0 Å². The second kappa shape index (κ2) is 7.78. The zero-order chi connectivity index (χ0) is 19.7. The van der Waals surface area contributed by atoms with Gasteiger partial charge < -0.3 is 10.3 Å². The first-order valence-electron chi connectivity index (χ1n) is 8.17. The molecule has 4 aromatic rings. The van der Waals surface area contributed by atoms with E-state index in [4.69, 9.17) is 0 Å². The van der Waals surface area contributed by atoms with Crippen molar-refractivity contribution in [2.75, 3.05) is 5.32 Å². The fraction of sp³-hybridized carbons (Fsp3) is 0.0526. The van der Waals surface area contributed by atoms with Crippen molar-refractivity contribution in [2.45, 2.75) is 6.92 Å². The van der Waals surface area contributed by atoms with Crippen LogP contribution in [0.1, 0.15) is 16.2 Å². The molecular weight excluding hydrogens is 460 g/mol. The molecule has 0 aliphatic heterocycles. The van der Waals surface area contributed by atoms with E-state index in [1.165, 1.54) is 17.4 Å². The first-order chi connectivity index (χ1) is 13.5. The maximum Gasteiger partial charge on any atom is 0.275 e. The van der Waals surface area contributed by atoms with Crippen LogP contribution in [0.15, 0.2) is 56.4 Å². The van der Waals surface area contributed by atoms with E-state index < -0.39 is 0 Å². The lowest BCUT2D eigenvalue weighted by atomic mass is 10.2. The number of amides is 1. The summed E-state index contributed by atoms with van der Waals surface area (Å²) < 4.78 is 0.994. The van der Waals surface area contributed by atoms with Gasteiger partial charge in [0.25, 0.3) is 11.5 Å². The first-order valence-corrected chi connectivity index (χ1v) is 10.7. The molecule has 0 saturated carbocycles. The lowest BCUT2D eigenvalue weighted by Crippen LogP contribution is -2.12. The average Bonchev–Trinajstić information content (AvgIpc) is 3.30. The number of hydrogen-bond acceptors (Lipinski definition) is 6. The minimum atomic E-state index is -0.291. The Morgan fingerprint density at radius 2 is 2.00 bits per heavy atom. The van der Waals surface area contributed by atoms with E-state index in [-0.39, 0.29) is 11.5 Å². The number of halogens is 1. The molecule has 0 radical (unpaired) electrons. The Balaban J connectivity index is 1.55. The van der Waals surface area contributed by atoms with Gasteiger partial charge in [-0.2, -0.15) is 0 Å².